The predicted octanol–water partition coefficient (Wildman–Crippen LogP) is 4.81. The minimum atomic E-state index is -1.19. The maximum absolute atomic E-state index is 13.3. The second-order valence-corrected chi connectivity index (χ2v) is 9.65. The molecule has 1 aromatic heterocycles. The molecule has 0 saturated carbocycles. The molecular formula is C25H27FN4O4S. The van der Waals surface area contributed by atoms with Crippen LogP contribution in [0.25, 0.3) is 11.3 Å². The van der Waals surface area contributed by atoms with E-state index in [0.717, 1.165) is 22.5 Å². The fraction of sp³-hybridized carbons (Fsp3) is 0.320. The molecule has 0 aliphatic carbocycles. The largest absolute Gasteiger partial charge is 0.444 e. The van der Waals surface area contributed by atoms with Crippen LogP contribution in [0.3, 0.4) is 0 Å². The van der Waals surface area contributed by atoms with Gasteiger partial charge in [-0.3, -0.25) is 10.1 Å². The number of nitrogens with zero attached hydrogens (tertiary/aromatic N) is 2. The predicted molar refractivity (Wildman–Crippen MR) is 132 cm³/mol. The van der Waals surface area contributed by atoms with Crippen molar-refractivity contribution >= 4 is 28.4 Å². The van der Waals surface area contributed by atoms with E-state index in [4.69, 9.17) is 9.47 Å². The summed E-state index contributed by atoms with van der Waals surface area (Å²) in [5.74, 6) is -0.342. The van der Waals surface area contributed by atoms with Crippen molar-refractivity contribution in [2.24, 2.45) is 0 Å². The molecule has 1 fully saturated rings. The Kier molecular flexibility index (Phi) is 7.32. The molecule has 0 radical (unpaired) electrons. The molecule has 1 aliphatic rings. The molecule has 0 atom stereocenters. The number of benzene rings is 2. The number of amides is 3. The summed E-state index contributed by atoms with van der Waals surface area (Å²) in [6.45, 7) is 7.13. The van der Waals surface area contributed by atoms with Gasteiger partial charge in [-0.15, -0.1) is 0 Å². The number of carbonyl (C=O) groups excluding carboxylic acids is 2. The fourth-order valence-electron chi connectivity index (χ4n) is 3.36. The summed E-state index contributed by atoms with van der Waals surface area (Å²) >= 11 is 1.15. The van der Waals surface area contributed by atoms with E-state index in [1.807, 2.05) is 31.2 Å². The quantitative estimate of drug-likeness (QED) is 0.509. The minimum Gasteiger partial charge on any atom is -0.444 e. The number of hydrogen-bond acceptors (Lipinski definition) is 6. The van der Waals surface area contributed by atoms with Gasteiger partial charge in [0.25, 0.3) is 5.91 Å². The lowest BCUT2D eigenvalue weighted by Crippen LogP contribution is -2.57. The van der Waals surface area contributed by atoms with Crippen LogP contribution < -0.4 is 15.4 Å². The highest BCUT2D eigenvalue weighted by Crippen LogP contribution is 2.40. The first-order valence-corrected chi connectivity index (χ1v) is 12.0. The Bertz CT molecular complexity index is 1190. The molecule has 0 unspecified atom stereocenters. The number of nitrogens with one attached hydrogen (secondary N) is 2. The van der Waals surface area contributed by atoms with Gasteiger partial charge in [-0.25, -0.2) is 14.2 Å². The lowest BCUT2D eigenvalue weighted by Gasteiger charge is -2.31. The van der Waals surface area contributed by atoms with Crippen molar-refractivity contribution in [2.45, 2.75) is 26.3 Å². The highest BCUT2D eigenvalue weighted by molar-refractivity contribution is 7.18. The van der Waals surface area contributed by atoms with Gasteiger partial charge in [0.15, 0.2) is 5.13 Å². The number of rotatable bonds is 6. The lowest BCUT2D eigenvalue weighted by molar-refractivity contribution is -0.121. The summed E-state index contributed by atoms with van der Waals surface area (Å²) in [5.41, 5.74) is 1.26. The van der Waals surface area contributed by atoms with E-state index in [-0.39, 0.29) is 11.8 Å². The monoisotopic (exact) mass is 498 g/mol. The Balaban J connectivity index is 1.54. The second kappa shape index (κ2) is 10.4. The van der Waals surface area contributed by atoms with E-state index in [1.165, 1.54) is 24.3 Å². The van der Waals surface area contributed by atoms with Crippen LogP contribution in [0.2, 0.25) is 0 Å². The number of hydrogen-bond donors (Lipinski definition) is 2. The third kappa shape index (κ3) is 6.14. The smallest absolute Gasteiger partial charge is 0.318 e. The van der Waals surface area contributed by atoms with Crippen LogP contribution in [0.5, 0.6) is 10.8 Å². The molecule has 184 valence electrons. The van der Waals surface area contributed by atoms with Gasteiger partial charge >= 0.3 is 6.03 Å². The minimum absolute atomic E-state index is 0.316. The molecule has 3 amide bonds. The number of anilines is 1. The Morgan fingerprint density at radius 1 is 1.09 bits per heavy atom. The van der Waals surface area contributed by atoms with Gasteiger partial charge in [-0.05, 0) is 45.0 Å². The van der Waals surface area contributed by atoms with Crippen LogP contribution in [0.4, 0.5) is 14.3 Å². The van der Waals surface area contributed by atoms with Crippen molar-refractivity contribution in [1.29, 1.82) is 0 Å². The van der Waals surface area contributed by atoms with Gasteiger partial charge in [-0.2, -0.15) is 0 Å². The van der Waals surface area contributed by atoms with Crippen molar-refractivity contribution in [3.05, 3.63) is 59.9 Å². The normalized spacial score (nSPS) is 13.9. The highest BCUT2D eigenvalue weighted by Gasteiger charge is 2.33. The summed E-state index contributed by atoms with van der Waals surface area (Å²) in [7, 11) is 0. The summed E-state index contributed by atoms with van der Waals surface area (Å²) in [6, 6.07) is 13.1. The Morgan fingerprint density at radius 3 is 2.40 bits per heavy atom. The molecule has 2 N–H and O–H groups in total. The zero-order valence-electron chi connectivity index (χ0n) is 19.8. The van der Waals surface area contributed by atoms with Crippen LogP contribution in [0.1, 0.15) is 19.4 Å². The van der Waals surface area contributed by atoms with Gasteiger partial charge in [-0.1, -0.05) is 41.2 Å². The van der Waals surface area contributed by atoms with Crippen molar-refractivity contribution in [3.8, 4) is 22.1 Å². The molecule has 0 bridgehead atoms. The van der Waals surface area contributed by atoms with Crippen molar-refractivity contribution in [3.63, 3.8) is 0 Å². The maximum atomic E-state index is 13.3. The van der Waals surface area contributed by atoms with E-state index < -0.39 is 11.4 Å². The van der Waals surface area contributed by atoms with Crippen LogP contribution in [-0.4, -0.2) is 53.7 Å². The number of aryl methyl sites for hydroxylation is 1. The Labute approximate surface area is 207 Å². The maximum Gasteiger partial charge on any atom is 0.318 e. The number of halogens is 1. The van der Waals surface area contributed by atoms with Gasteiger partial charge < -0.3 is 19.7 Å². The zero-order valence-corrected chi connectivity index (χ0v) is 20.6. The molecule has 8 nitrogen and oxygen atoms in total. The summed E-state index contributed by atoms with van der Waals surface area (Å²) in [4.78, 5) is 31.9. The molecular weight excluding hydrogens is 471 g/mol. The van der Waals surface area contributed by atoms with E-state index in [1.54, 1.807) is 18.7 Å². The number of ether oxygens (including phenoxy) is 2. The average Bonchev–Trinajstić information content (AvgIpc) is 3.23. The first kappa shape index (κ1) is 24.6. The number of aromatic nitrogens is 1. The van der Waals surface area contributed by atoms with Crippen LogP contribution in [0.15, 0.2) is 48.5 Å². The van der Waals surface area contributed by atoms with E-state index >= 15 is 0 Å². The molecule has 10 heteroatoms. The summed E-state index contributed by atoms with van der Waals surface area (Å²) < 4.78 is 24.6. The first-order chi connectivity index (χ1) is 16.7. The van der Waals surface area contributed by atoms with Gasteiger partial charge in [0.05, 0.1) is 13.2 Å². The SMILES string of the molecule is Cc1ccc(-c2nc(NC(=O)C(C)(C)NC(=O)N3CCOCC3)sc2Oc2ccc(F)cc2)cc1. The van der Waals surface area contributed by atoms with E-state index in [0.29, 0.717) is 47.9 Å². The van der Waals surface area contributed by atoms with Crippen LogP contribution in [0, 0.1) is 12.7 Å². The van der Waals surface area contributed by atoms with Crippen molar-refractivity contribution in [1.82, 2.24) is 15.2 Å². The molecule has 1 aliphatic heterocycles. The van der Waals surface area contributed by atoms with Gasteiger partial charge in [0.1, 0.15) is 22.8 Å². The van der Waals surface area contributed by atoms with Crippen LogP contribution in [-0.2, 0) is 9.53 Å². The molecule has 0 spiro atoms. The number of urea groups is 1. The average molecular weight is 499 g/mol. The van der Waals surface area contributed by atoms with Crippen molar-refractivity contribution in [2.75, 3.05) is 31.6 Å². The number of carbonyl (C=O) groups is 2. The number of thiazole rings is 1. The van der Waals surface area contributed by atoms with Crippen LogP contribution >= 0.6 is 11.3 Å². The first-order valence-electron chi connectivity index (χ1n) is 11.2. The van der Waals surface area contributed by atoms with E-state index in [2.05, 4.69) is 15.6 Å². The summed E-state index contributed by atoms with van der Waals surface area (Å²) in [5, 5.41) is 6.34. The van der Waals surface area contributed by atoms with Gasteiger partial charge in [0.2, 0.25) is 5.06 Å². The zero-order chi connectivity index (χ0) is 25.0. The van der Waals surface area contributed by atoms with E-state index in [9.17, 15) is 14.0 Å². The molecule has 35 heavy (non-hydrogen) atoms. The molecule has 4 rings (SSSR count). The second-order valence-electron chi connectivity index (χ2n) is 8.69. The third-order valence-corrected chi connectivity index (χ3v) is 6.30. The summed E-state index contributed by atoms with van der Waals surface area (Å²) in [6.07, 6.45) is 0. The Hall–Kier alpha value is -3.50. The topological polar surface area (TPSA) is 92.8 Å². The van der Waals surface area contributed by atoms with Crippen molar-refractivity contribution < 1.29 is 23.5 Å². The highest BCUT2D eigenvalue weighted by atomic mass is 32.1. The Morgan fingerprint density at radius 2 is 1.74 bits per heavy atom. The van der Waals surface area contributed by atoms with Gasteiger partial charge in [0, 0.05) is 18.7 Å². The number of morpholine rings is 1. The fourth-order valence-corrected chi connectivity index (χ4v) is 4.21. The molecule has 3 aromatic rings. The third-order valence-electron chi connectivity index (χ3n) is 5.45. The standard InChI is InChI=1S/C25H27FN4O4S/c1-16-4-6-17(7-5-16)20-21(34-19-10-8-18(26)9-11-19)35-23(27-20)28-22(31)25(2,3)29-24(32)30-12-14-33-15-13-30/h4-11H,12-15H2,1-3H3,(H,29,32)(H,27,28,31). The molecule has 2 heterocycles. The molecule has 2 aromatic carbocycles. The lowest BCUT2D eigenvalue weighted by atomic mass is 10.1. The molecule has 1 saturated heterocycles.